The van der Waals surface area contributed by atoms with Gasteiger partial charge in [-0.2, -0.15) is 0 Å². The van der Waals surface area contributed by atoms with Crippen LogP contribution in [-0.4, -0.2) is 80.3 Å². The molecule has 1 saturated heterocycles. The van der Waals surface area contributed by atoms with Crippen LogP contribution >= 0.6 is 0 Å². The number of hydrogen-bond donors (Lipinski definition) is 5. The summed E-state index contributed by atoms with van der Waals surface area (Å²) in [5, 5.41) is 32.8. The monoisotopic (exact) mass is 496 g/mol. The van der Waals surface area contributed by atoms with E-state index < -0.39 is 53.2 Å². The van der Waals surface area contributed by atoms with Crippen LogP contribution in [-0.2, 0) is 19.6 Å². The van der Waals surface area contributed by atoms with Crippen LogP contribution in [0.4, 0.5) is 5.69 Å². The molecule has 12 heteroatoms. The molecule has 34 heavy (non-hydrogen) atoms. The normalized spacial score (nSPS) is 24.8. The Morgan fingerprint density at radius 3 is 2.41 bits per heavy atom. The van der Waals surface area contributed by atoms with Crippen molar-refractivity contribution in [1.29, 1.82) is 0 Å². The number of methoxy groups -OCH3 is 1. The number of sulfonamides is 1. The summed E-state index contributed by atoms with van der Waals surface area (Å²) in [4.78, 5) is 11.7. The first-order valence-corrected chi connectivity index (χ1v) is 12.2. The average Bonchev–Trinajstić information content (AvgIpc) is 2.77. The first-order valence-electron chi connectivity index (χ1n) is 10.4. The minimum absolute atomic E-state index is 0.233. The van der Waals surface area contributed by atoms with Crippen LogP contribution in [0.1, 0.15) is 6.92 Å². The maximum Gasteiger partial charge on any atom is 0.229 e. The van der Waals surface area contributed by atoms with Crippen molar-refractivity contribution in [3.05, 3.63) is 42.5 Å². The van der Waals surface area contributed by atoms with E-state index in [-0.39, 0.29) is 5.75 Å². The van der Waals surface area contributed by atoms with E-state index in [0.717, 1.165) is 6.26 Å². The Balaban J connectivity index is 2.04. The molecule has 1 amide bonds. The SMILES string of the molecule is COc1cccc(O[C@@H]2OC(CO)[C@H](O)C(O)C2NC(C)=O)c1-c1cccc(NS(C)(=O)=O)c1. The topological polar surface area (TPSA) is 164 Å². The molecule has 0 saturated carbocycles. The minimum atomic E-state index is -3.51. The van der Waals surface area contributed by atoms with Crippen molar-refractivity contribution >= 4 is 21.6 Å². The molecule has 5 N–H and O–H groups in total. The number of aliphatic hydroxyl groups is 3. The summed E-state index contributed by atoms with van der Waals surface area (Å²) >= 11 is 0. The molecule has 1 fully saturated rings. The van der Waals surface area contributed by atoms with Gasteiger partial charge in [0.1, 0.15) is 35.9 Å². The van der Waals surface area contributed by atoms with Crippen LogP contribution in [0.5, 0.6) is 11.5 Å². The number of carbonyl (C=O) groups is 1. The highest BCUT2D eigenvalue weighted by molar-refractivity contribution is 7.92. The second-order valence-corrected chi connectivity index (χ2v) is 9.59. The summed E-state index contributed by atoms with van der Waals surface area (Å²) in [5.41, 5.74) is 1.32. The number of amides is 1. The fraction of sp³-hybridized carbons (Fsp3) is 0.409. The molecule has 2 aromatic rings. The summed E-state index contributed by atoms with van der Waals surface area (Å²) in [6.45, 7) is 0.653. The summed E-state index contributed by atoms with van der Waals surface area (Å²) < 4.78 is 42.9. The summed E-state index contributed by atoms with van der Waals surface area (Å²) in [5.74, 6) is 0.151. The molecule has 1 heterocycles. The van der Waals surface area contributed by atoms with Crippen LogP contribution in [0.3, 0.4) is 0 Å². The molecule has 5 atom stereocenters. The number of benzene rings is 2. The van der Waals surface area contributed by atoms with Gasteiger partial charge in [0.15, 0.2) is 0 Å². The van der Waals surface area contributed by atoms with Gasteiger partial charge in [-0.05, 0) is 29.8 Å². The lowest BCUT2D eigenvalue weighted by atomic mass is 9.96. The number of anilines is 1. The van der Waals surface area contributed by atoms with Gasteiger partial charge in [0.05, 0.1) is 25.5 Å². The second-order valence-electron chi connectivity index (χ2n) is 7.84. The molecule has 2 aromatic carbocycles. The van der Waals surface area contributed by atoms with Gasteiger partial charge in [0.25, 0.3) is 0 Å². The molecule has 0 spiro atoms. The van der Waals surface area contributed by atoms with Crippen molar-refractivity contribution in [2.75, 3.05) is 24.7 Å². The fourth-order valence-electron chi connectivity index (χ4n) is 3.71. The zero-order valence-electron chi connectivity index (χ0n) is 18.8. The lowest BCUT2D eigenvalue weighted by Gasteiger charge is -2.42. The van der Waals surface area contributed by atoms with E-state index >= 15 is 0 Å². The standard InChI is InChI=1S/C22H28N2O9S/c1-12(26)23-19-21(28)20(27)17(11-25)33-22(19)32-16-9-5-8-15(31-2)18(16)13-6-4-7-14(10-13)24-34(3,29)30/h4-10,17,19-22,24-25,27-28H,11H2,1-3H3,(H,23,26)/t17?,19?,20-,21?,22+/m0/s1. The molecule has 0 bridgehead atoms. The Morgan fingerprint density at radius 2 is 1.79 bits per heavy atom. The van der Waals surface area contributed by atoms with E-state index in [2.05, 4.69) is 10.0 Å². The van der Waals surface area contributed by atoms with Gasteiger partial charge in [-0.3, -0.25) is 9.52 Å². The van der Waals surface area contributed by atoms with Crippen molar-refractivity contribution in [2.24, 2.45) is 0 Å². The molecule has 3 unspecified atom stereocenters. The van der Waals surface area contributed by atoms with E-state index in [1.54, 1.807) is 42.5 Å². The first-order chi connectivity index (χ1) is 16.0. The Labute approximate surface area is 197 Å². The van der Waals surface area contributed by atoms with Gasteiger partial charge in [-0.25, -0.2) is 8.42 Å². The van der Waals surface area contributed by atoms with Gasteiger partial charge in [-0.1, -0.05) is 18.2 Å². The molecule has 1 aliphatic rings. The van der Waals surface area contributed by atoms with Crippen LogP contribution in [0, 0.1) is 0 Å². The predicted molar refractivity (Wildman–Crippen MR) is 123 cm³/mol. The van der Waals surface area contributed by atoms with Gasteiger partial charge in [0.2, 0.25) is 22.2 Å². The molecular weight excluding hydrogens is 468 g/mol. The Hall–Kier alpha value is -2.90. The molecule has 0 aliphatic carbocycles. The van der Waals surface area contributed by atoms with E-state index in [0.29, 0.717) is 22.6 Å². The average molecular weight is 497 g/mol. The molecule has 11 nitrogen and oxygen atoms in total. The highest BCUT2D eigenvalue weighted by Gasteiger charge is 2.46. The van der Waals surface area contributed by atoms with Gasteiger partial charge in [0, 0.05) is 12.6 Å². The third kappa shape index (κ3) is 5.96. The summed E-state index contributed by atoms with van der Waals surface area (Å²) in [7, 11) is -2.05. The minimum Gasteiger partial charge on any atom is -0.496 e. The lowest BCUT2D eigenvalue weighted by Crippen LogP contribution is -2.65. The lowest BCUT2D eigenvalue weighted by molar-refractivity contribution is -0.244. The number of hydrogen-bond acceptors (Lipinski definition) is 9. The third-order valence-corrected chi connectivity index (χ3v) is 5.76. The highest BCUT2D eigenvalue weighted by Crippen LogP contribution is 2.40. The van der Waals surface area contributed by atoms with Crippen LogP contribution in [0.2, 0.25) is 0 Å². The van der Waals surface area contributed by atoms with Gasteiger partial charge < -0.3 is 34.8 Å². The maximum atomic E-state index is 11.7. The van der Waals surface area contributed by atoms with Crippen molar-refractivity contribution in [3.63, 3.8) is 0 Å². The summed E-state index contributed by atoms with van der Waals surface area (Å²) in [6, 6.07) is 10.3. The van der Waals surface area contributed by atoms with E-state index in [1.165, 1.54) is 14.0 Å². The Bertz CT molecular complexity index is 1130. The van der Waals surface area contributed by atoms with Crippen LogP contribution in [0.15, 0.2) is 42.5 Å². The predicted octanol–water partition coefficient (Wildman–Crippen LogP) is 0.0562. The maximum absolute atomic E-state index is 11.7. The van der Waals surface area contributed by atoms with E-state index in [9.17, 15) is 28.5 Å². The number of carbonyl (C=O) groups excluding carboxylic acids is 1. The molecular formula is C22H28N2O9S. The van der Waals surface area contributed by atoms with Gasteiger partial charge >= 0.3 is 0 Å². The molecule has 186 valence electrons. The molecule has 0 radical (unpaired) electrons. The molecule has 3 rings (SSSR count). The van der Waals surface area contributed by atoms with E-state index in [1.807, 2.05) is 0 Å². The third-order valence-electron chi connectivity index (χ3n) is 5.16. The quantitative estimate of drug-likeness (QED) is 0.340. The largest absolute Gasteiger partial charge is 0.496 e. The zero-order valence-corrected chi connectivity index (χ0v) is 19.7. The molecule has 1 aliphatic heterocycles. The van der Waals surface area contributed by atoms with E-state index in [4.69, 9.17) is 14.2 Å². The second kappa shape index (κ2) is 10.6. The van der Waals surface area contributed by atoms with Gasteiger partial charge in [-0.15, -0.1) is 0 Å². The van der Waals surface area contributed by atoms with Crippen molar-refractivity contribution < 1.29 is 42.7 Å². The Morgan fingerprint density at radius 1 is 1.12 bits per heavy atom. The Kier molecular flexibility index (Phi) is 8.00. The smallest absolute Gasteiger partial charge is 0.229 e. The summed E-state index contributed by atoms with van der Waals surface area (Å²) in [6.07, 6.45) is -4.32. The zero-order chi connectivity index (χ0) is 25.0. The number of ether oxygens (including phenoxy) is 3. The highest BCUT2D eigenvalue weighted by atomic mass is 32.2. The number of rotatable bonds is 8. The van der Waals surface area contributed by atoms with Crippen molar-refractivity contribution in [3.8, 4) is 22.6 Å². The first kappa shape index (κ1) is 25.7. The number of nitrogens with one attached hydrogen (secondary N) is 2. The molecule has 0 aromatic heterocycles. The van der Waals surface area contributed by atoms with Crippen molar-refractivity contribution in [1.82, 2.24) is 5.32 Å². The fourth-order valence-corrected chi connectivity index (χ4v) is 4.27. The van der Waals surface area contributed by atoms with Crippen molar-refractivity contribution in [2.45, 2.75) is 37.6 Å². The van der Waals surface area contributed by atoms with Crippen LogP contribution in [0.25, 0.3) is 11.1 Å². The number of aliphatic hydroxyl groups excluding tert-OH is 3. The van der Waals surface area contributed by atoms with Crippen LogP contribution < -0.4 is 19.5 Å².